The smallest absolute Gasteiger partial charge is 0.303 e. The Morgan fingerprint density at radius 2 is 2.12 bits per heavy atom. The van der Waals surface area contributed by atoms with Gasteiger partial charge in [0.05, 0.1) is 0 Å². The van der Waals surface area contributed by atoms with Gasteiger partial charge in [0, 0.05) is 25.8 Å². The van der Waals surface area contributed by atoms with E-state index in [0.717, 1.165) is 11.5 Å². The summed E-state index contributed by atoms with van der Waals surface area (Å²) >= 11 is 0. The Morgan fingerprint density at radius 3 is 2.71 bits per heavy atom. The number of furan rings is 1. The summed E-state index contributed by atoms with van der Waals surface area (Å²) < 4.78 is 5.35. The number of carbonyl (C=O) groups excluding carboxylic acids is 1. The van der Waals surface area contributed by atoms with Crippen molar-refractivity contribution in [3.8, 4) is 0 Å². The van der Waals surface area contributed by atoms with Gasteiger partial charge < -0.3 is 14.8 Å². The molecule has 0 fully saturated rings. The van der Waals surface area contributed by atoms with E-state index < -0.39 is 5.97 Å². The SMILES string of the molecule is Cc1ccc(CCNC(=O)CCCC(=O)O)o1. The standard InChI is InChI=1S/C12H17NO4/c1-9-5-6-10(17-9)7-8-13-11(14)3-2-4-12(15)16/h5-6H,2-4,7-8H2,1H3,(H,13,14)(H,15,16). The van der Waals surface area contributed by atoms with Crippen LogP contribution in [0.2, 0.25) is 0 Å². The summed E-state index contributed by atoms with van der Waals surface area (Å²) in [5.74, 6) is 0.708. The predicted octanol–water partition coefficient (Wildman–Crippen LogP) is 1.50. The zero-order valence-corrected chi connectivity index (χ0v) is 9.86. The molecule has 0 radical (unpaired) electrons. The molecule has 1 aromatic rings. The fourth-order valence-electron chi connectivity index (χ4n) is 1.43. The third-order valence-electron chi connectivity index (χ3n) is 2.28. The number of aliphatic carboxylic acids is 1. The lowest BCUT2D eigenvalue weighted by molar-refractivity contribution is -0.137. The molecule has 0 bridgehead atoms. The highest BCUT2D eigenvalue weighted by Gasteiger charge is 2.04. The van der Waals surface area contributed by atoms with Crippen molar-refractivity contribution in [2.24, 2.45) is 0 Å². The Balaban J connectivity index is 2.10. The zero-order chi connectivity index (χ0) is 12.7. The van der Waals surface area contributed by atoms with Crippen molar-refractivity contribution in [3.05, 3.63) is 23.7 Å². The number of carboxylic acids is 1. The zero-order valence-electron chi connectivity index (χ0n) is 9.86. The topological polar surface area (TPSA) is 79.5 Å². The van der Waals surface area contributed by atoms with Crippen molar-refractivity contribution in [2.75, 3.05) is 6.54 Å². The third kappa shape index (κ3) is 5.75. The third-order valence-corrected chi connectivity index (χ3v) is 2.28. The average Bonchev–Trinajstić information content (AvgIpc) is 2.63. The fraction of sp³-hybridized carbons (Fsp3) is 0.500. The van der Waals surface area contributed by atoms with Crippen molar-refractivity contribution < 1.29 is 19.1 Å². The lowest BCUT2D eigenvalue weighted by Crippen LogP contribution is -2.25. The Labute approximate surface area is 99.8 Å². The Hall–Kier alpha value is -1.78. The monoisotopic (exact) mass is 239 g/mol. The van der Waals surface area contributed by atoms with Crippen molar-refractivity contribution in [1.82, 2.24) is 5.32 Å². The number of carboxylic acid groups (broad SMARTS) is 1. The van der Waals surface area contributed by atoms with Crippen LogP contribution in [0.1, 0.15) is 30.8 Å². The maximum Gasteiger partial charge on any atom is 0.303 e. The molecule has 1 heterocycles. The van der Waals surface area contributed by atoms with E-state index in [-0.39, 0.29) is 18.7 Å². The summed E-state index contributed by atoms with van der Waals surface area (Å²) in [4.78, 5) is 21.5. The van der Waals surface area contributed by atoms with Crippen LogP contribution in [0.5, 0.6) is 0 Å². The summed E-state index contributed by atoms with van der Waals surface area (Å²) in [6.45, 7) is 2.38. The van der Waals surface area contributed by atoms with Gasteiger partial charge in [-0.05, 0) is 25.5 Å². The maximum atomic E-state index is 11.3. The molecule has 0 aliphatic carbocycles. The molecule has 0 saturated carbocycles. The number of carbonyl (C=O) groups is 2. The number of aryl methyl sites for hydroxylation is 1. The molecule has 5 heteroatoms. The Morgan fingerprint density at radius 1 is 1.35 bits per heavy atom. The molecule has 0 spiro atoms. The number of rotatable bonds is 7. The Bertz CT molecular complexity index is 384. The quantitative estimate of drug-likeness (QED) is 0.755. The first kappa shape index (κ1) is 13.3. The highest BCUT2D eigenvalue weighted by molar-refractivity contribution is 5.76. The summed E-state index contributed by atoms with van der Waals surface area (Å²) in [6, 6.07) is 3.76. The minimum absolute atomic E-state index is 0.0325. The molecule has 1 aromatic heterocycles. The van der Waals surface area contributed by atoms with Crippen LogP contribution in [0.4, 0.5) is 0 Å². The highest BCUT2D eigenvalue weighted by atomic mass is 16.4. The second kappa shape index (κ2) is 6.73. The first-order chi connectivity index (χ1) is 8.08. The first-order valence-corrected chi connectivity index (χ1v) is 5.62. The fourth-order valence-corrected chi connectivity index (χ4v) is 1.43. The van der Waals surface area contributed by atoms with Gasteiger partial charge in [0.2, 0.25) is 5.91 Å². The minimum atomic E-state index is -0.871. The van der Waals surface area contributed by atoms with Gasteiger partial charge in [-0.15, -0.1) is 0 Å². The summed E-state index contributed by atoms with van der Waals surface area (Å²) in [5, 5.41) is 11.1. The number of hydrogen-bond donors (Lipinski definition) is 2. The molecular formula is C12H17NO4. The molecule has 0 aliphatic rings. The van der Waals surface area contributed by atoms with Crippen LogP contribution in [-0.2, 0) is 16.0 Å². The van der Waals surface area contributed by atoms with E-state index in [1.165, 1.54) is 0 Å². The van der Waals surface area contributed by atoms with Gasteiger partial charge in [-0.1, -0.05) is 0 Å². The van der Waals surface area contributed by atoms with Gasteiger partial charge in [0.1, 0.15) is 11.5 Å². The van der Waals surface area contributed by atoms with Crippen LogP contribution >= 0.6 is 0 Å². The molecule has 0 aliphatic heterocycles. The number of nitrogens with one attached hydrogen (secondary N) is 1. The molecule has 0 atom stereocenters. The van der Waals surface area contributed by atoms with Gasteiger partial charge in [-0.3, -0.25) is 9.59 Å². The molecule has 0 saturated heterocycles. The molecule has 1 amide bonds. The number of hydrogen-bond acceptors (Lipinski definition) is 3. The second-order valence-corrected chi connectivity index (χ2v) is 3.86. The van der Waals surface area contributed by atoms with Crippen LogP contribution < -0.4 is 5.32 Å². The predicted molar refractivity (Wildman–Crippen MR) is 61.6 cm³/mol. The van der Waals surface area contributed by atoms with E-state index in [1.54, 1.807) is 0 Å². The van der Waals surface area contributed by atoms with Crippen molar-refractivity contribution in [2.45, 2.75) is 32.6 Å². The van der Waals surface area contributed by atoms with Crippen LogP contribution in [0.15, 0.2) is 16.5 Å². The van der Waals surface area contributed by atoms with Gasteiger partial charge >= 0.3 is 5.97 Å². The number of amides is 1. The van der Waals surface area contributed by atoms with Crippen LogP contribution in [-0.4, -0.2) is 23.5 Å². The van der Waals surface area contributed by atoms with E-state index in [1.807, 2.05) is 19.1 Å². The lowest BCUT2D eigenvalue weighted by Gasteiger charge is -2.02. The second-order valence-electron chi connectivity index (χ2n) is 3.86. The van der Waals surface area contributed by atoms with Crippen LogP contribution in [0, 0.1) is 6.92 Å². The maximum absolute atomic E-state index is 11.3. The molecule has 17 heavy (non-hydrogen) atoms. The largest absolute Gasteiger partial charge is 0.481 e. The molecule has 5 nitrogen and oxygen atoms in total. The van der Waals surface area contributed by atoms with Crippen LogP contribution in [0.25, 0.3) is 0 Å². The summed E-state index contributed by atoms with van der Waals surface area (Å²) in [7, 11) is 0. The van der Waals surface area contributed by atoms with Gasteiger partial charge in [0.25, 0.3) is 0 Å². The summed E-state index contributed by atoms with van der Waals surface area (Å²) in [6.07, 6.45) is 1.31. The van der Waals surface area contributed by atoms with Crippen molar-refractivity contribution in [1.29, 1.82) is 0 Å². The average molecular weight is 239 g/mol. The summed E-state index contributed by atoms with van der Waals surface area (Å²) in [5.41, 5.74) is 0. The van der Waals surface area contributed by atoms with Crippen LogP contribution in [0.3, 0.4) is 0 Å². The normalized spacial score (nSPS) is 10.2. The van der Waals surface area contributed by atoms with E-state index in [9.17, 15) is 9.59 Å². The van der Waals surface area contributed by atoms with E-state index in [4.69, 9.17) is 9.52 Å². The van der Waals surface area contributed by atoms with E-state index >= 15 is 0 Å². The molecule has 2 N–H and O–H groups in total. The first-order valence-electron chi connectivity index (χ1n) is 5.62. The van der Waals surface area contributed by atoms with Crippen molar-refractivity contribution >= 4 is 11.9 Å². The molecule has 94 valence electrons. The Kier molecular flexibility index (Phi) is 5.26. The minimum Gasteiger partial charge on any atom is -0.481 e. The molecule has 0 aromatic carbocycles. The van der Waals surface area contributed by atoms with Gasteiger partial charge in [0.15, 0.2) is 0 Å². The lowest BCUT2D eigenvalue weighted by atomic mass is 10.2. The highest BCUT2D eigenvalue weighted by Crippen LogP contribution is 2.06. The van der Waals surface area contributed by atoms with Crippen molar-refractivity contribution in [3.63, 3.8) is 0 Å². The molecule has 0 unspecified atom stereocenters. The molecule has 1 rings (SSSR count). The van der Waals surface area contributed by atoms with E-state index in [2.05, 4.69) is 5.32 Å². The van der Waals surface area contributed by atoms with Gasteiger partial charge in [-0.2, -0.15) is 0 Å². The van der Waals surface area contributed by atoms with E-state index in [0.29, 0.717) is 19.4 Å². The van der Waals surface area contributed by atoms with Gasteiger partial charge in [-0.25, -0.2) is 0 Å². The molecular weight excluding hydrogens is 222 g/mol.